The van der Waals surface area contributed by atoms with Gasteiger partial charge in [-0.25, -0.2) is 4.79 Å². The Kier molecular flexibility index (Phi) is 8.95. The van der Waals surface area contributed by atoms with Crippen molar-refractivity contribution in [1.29, 1.82) is 0 Å². The Bertz CT molecular complexity index is 589. The maximum absolute atomic E-state index is 12.6. The SMILES string of the molecule is C=CCN(C(=O)CN(CC)CC(=O)NC(=O)OCC)c1ccccc1. The smallest absolute Gasteiger partial charge is 0.413 e. The molecule has 0 atom stereocenters. The second-order valence-corrected chi connectivity index (χ2v) is 5.20. The van der Waals surface area contributed by atoms with Crippen molar-refractivity contribution in [2.45, 2.75) is 13.8 Å². The van der Waals surface area contributed by atoms with Crippen LogP contribution in [0.5, 0.6) is 0 Å². The number of para-hydroxylation sites is 1. The summed E-state index contributed by atoms with van der Waals surface area (Å²) in [6, 6.07) is 9.25. The Morgan fingerprint density at radius 2 is 1.84 bits per heavy atom. The quantitative estimate of drug-likeness (QED) is 0.689. The molecule has 0 radical (unpaired) electrons. The fourth-order valence-corrected chi connectivity index (χ4v) is 2.17. The lowest BCUT2D eigenvalue weighted by Gasteiger charge is -2.25. The highest BCUT2D eigenvalue weighted by Crippen LogP contribution is 2.13. The van der Waals surface area contributed by atoms with Crippen LogP contribution in [0, 0.1) is 0 Å². The van der Waals surface area contributed by atoms with Gasteiger partial charge in [0.25, 0.3) is 0 Å². The Balaban J connectivity index is 2.68. The van der Waals surface area contributed by atoms with Crippen molar-refractivity contribution in [3.63, 3.8) is 0 Å². The second-order valence-electron chi connectivity index (χ2n) is 5.20. The van der Waals surface area contributed by atoms with Gasteiger partial charge < -0.3 is 9.64 Å². The summed E-state index contributed by atoms with van der Waals surface area (Å²) in [5, 5.41) is 2.12. The van der Waals surface area contributed by atoms with Gasteiger partial charge in [0.1, 0.15) is 0 Å². The third-order valence-electron chi connectivity index (χ3n) is 3.37. The van der Waals surface area contributed by atoms with E-state index in [-0.39, 0.29) is 25.6 Å². The van der Waals surface area contributed by atoms with Crippen LogP contribution in [-0.4, -0.2) is 55.6 Å². The molecule has 7 nitrogen and oxygen atoms in total. The molecule has 0 aliphatic rings. The summed E-state index contributed by atoms with van der Waals surface area (Å²) in [4.78, 5) is 39.0. The number of anilines is 1. The van der Waals surface area contributed by atoms with E-state index in [1.54, 1.807) is 22.8 Å². The van der Waals surface area contributed by atoms with E-state index in [4.69, 9.17) is 0 Å². The normalized spacial score (nSPS) is 10.2. The summed E-state index contributed by atoms with van der Waals surface area (Å²) >= 11 is 0. The van der Waals surface area contributed by atoms with Crippen LogP contribution in [0.1, 0.15) is 13.8 Å². The van der Waals surface area contributed by atoms with E-state index in [0.29, 0.717) is 13.1 Å². The summed E-state index contributed by atoms with van der Waals surface area (Å²) < 4.78 is 4.66. The van der Waals surface area contributed by atoms with E-state index in [1.165, 1.54) is 0 Å². The molecule has 1 aromatic carbocycles. The van der Waals surface area contributed by atoms with Crippen LogP contribution < -0.4 is 10.2 Å². The van der Waals surface area contributed by atoms with Gasteiger partial charge in [0.2, 0.25) is 11.8 Å². The first-order chi connectivity index (χ1) is 12.0. The van der Waals surface area contributed by atoms with Crippen LogP contribution >= 0.6 is 0 Å². The van der Waals surface area contributed by atoms with Crippen molar-refractivity contribution in [1.82, 2.24) is 10.2 Å². The molecule has 0 fully saturated rings. The van der Waals surface area contributed by atoms with E-state index in [9.17, 15) is 14.4 Å². The maximum Gasteiger partial charge on any atom is 0.413 e. The molecular weight excluding hydrogens is 322 g/mol. The standard InChI is InChI=1S/C18H25N3O4/c1-4-12-21(15-10-8-7-9-11-15)17(23)14-20(5-2)13-16(22)19-18(24)25-6-3/h4,7-11H,1,5-6,12-14H2,2-3H3,(H,19,22,24). The number of imide groups is 1. The van der Waals surface area contributed by atoms with E-state index >= 15 is 0 Å². The number of hydrogen-bond acceptors (Lipinski definition) is 5. The molecule has 1 aromatic rings. The number of ether oxygens (including phenoxy) is 1. The number of alkyl carbamates (subject to hydrolysis) is 1. The predicted octanol–water partition coefficient (Wildman–Crippen LogP) is 1.80. The van der Waals surface area contributed by atoms with Gasteiger partial charge in [0.05, 0.1) is 19.7 Å². The zero-order chi connectivity index (χ0) is 18.7. The van der Waals surface area contributed by atoms with Crippen molar-refractivity contribution in [3.8, 4) is 0 Å². The number of hydrogen-bond donors (Lipinski definition) is 1. The summed E-state index contributed by atoms with van der Waals surface area (Å²) in [6.07, 6.45) is 0.863. The number of carbonyl (C=O) groups excluding carboxylic acids is 3. The van der Waals surface area contributed by atoms with Crippen molar-refractivity contribution in [3.05, 3.63) is 43.0 Å². The lowest BCUT2D eigenvalue weighted by Crippen LogP contribution is -2.45. The van der Waals surface area contributed by atoms with Crippen LogP contribution in [0.4, 0.5) is 10.5 Å². The van der Waals surface area contributed by atoms with Crippen LogP contribution in [0.15, 0.2) is 43.0 Å². The van der Waals surface area contributed by atoms with E-state index in [2.05, 4.69) is 16.6 Å². The second kappa shape index (κ2) is 11.0. The number of carbonyl (C=O) groups is 3. The summed E-state index contributed by atoms with van der Waals surface area (Å²) in [5.41, 5.74) is 0.763. The molecule has 0 aromatic heterocycles. The zero-order valence-corrected chi connectivity index (χ0v) is 14.7. The molecule has 1 rings (SSSR count). The molecule has 7 heteroatoms. The first-order valence-corrected chi connectivity index (χ1v) is 8.17. The topological polar surface area (TPSA) is 79.0 Å². The average molecular weight is 347 g/mol. The summed E-state index contributed by atoms with van der Waals surface area (Å²) in [5.74, 6) is -0.667. The van der Waals surface area contributed by atoms with E-state index in [1.807, 2.05) is 37.3 Å². The van der Waals surface area contributed by atoms with Crippen LogP contribution in [0.3, 0.4) is 0 Å². The Morgan fingerprint density at radius 1 is 1.16 bits per heavy atom. The molecule has 25 heavy (non-hydrogen) atoms. The lowest BCUT2D eigenvalue weighted by atomic mass is 10.2. The molecule has 136 valence electrons. The molecule has 0 aliphatic heterocycles. The Morgan fingerprint density at radius 3 is 2.40 bits per heavy atom. The van der Waals surface area contributed by atoms with Gasteiger partial charge in [-0.15, -0.1) is 6.58 Å². The summed E-state index contributed by atoms with van der Waals surface area (Å²) in [7, 11) is 0. The monoisotopic (exact) mass is 347 g/mol. The average Bonchev–Trinajstić information content (AvgIpc) is 2.59. The van der Waals surface area contributed by atoms with Gasteiger partial charge in [0, 0.05) is 12.2 Å². The number of rotatable bonds is 9. The highest BCUT2D eigenvalue weighted by molar-refractivity contribution is 5.96. The zero-order valence-electron chi connectivity index (χ0n) is 14.7. The van der Waals surface area contributed by atoms with E-state index < -0.39 is 12.0 Å². The van der Waals surface area contributed by atoms with Crippen LogP contribution in [-0.2, 0) is 14.3 Å². The lowest BCUT2D eigenvalue weighted by molar-refractivity contribution is -0.123. The number of nitrogens with one attached hydrogen (secondary N) is 1. The van der Waals surface area contributed by atoms with Gasteiger partial charge in [-0.1, -0.05) is 31.2 Å². The number of likely N-dealkylation sites (N-methyl/N-ethyl adjacent to an activating group) is 1. The van der Waals surface area contributed by atoms with Gasteiger partial charge in [-0.2, -0.15) is 0 Å². The fraction of sp³-hybridized carbons (Fsp3) is 0.389. The highest BCUT2D eigenvalue weighted by atomic mass is 16.5. The van der Waals surface area contributed by atoms with Crippen molar-refractivity contribution in [2.24, 2.45) is 0 Å². The molecule has 0 saturated carbocycles. The largest absolute Gasteiger partial charge is 0.450 e. The molecule has 0 bridgehead atoms. The minimum absolute atomic E-state index is 0.0511. The summed E-state index contributed by atoms with van der Waals surface area (Å²) in [6.45, 7) is 8.19. The highest BCUT2D eigenvalue weighted by Gasteiger charge is 2.19. The van der Waals surface area contributed by atoms with Crippen molar-refractivity contribution < 1.29 is 19.1 Å². The Hall–Kier alpha value is -2.67. The minimum Gasteiger partial charge on any atom is -0.450 e. The molecule has 1 N–H and O–H groups in total. The molecule has 0 saturated heterocycles. The van der Waals surface area contributed by atoms with Crippen molar-refractivity contribution >= 4 is 23.6 Å². The molecule has 0 aliphatic carbocycles. The number of amides is 3. The first-order valence-electron chi connectivity index (χ1n) is 8.17. The van der Waals surface area contributed by atoms with Crippen LogP contribution in [0.2, 0.25) is 0 Å². The van der Waals surface area contributed by atoms with Gasteiger partial charge >= 0.3 is 6.09 Å². The maximum atomic E-state index is 12.6. The predicted molar refractivity (Wildman–Crippen MR) is 96.3 cm³/mol. The minimum atomic E-state index is -0.785. The van der Waals surface area contributed by atoms with Gasteiger partial charge in [0.15, 0.2) is 0 Å². The van der Waals surface area contributed by atoms with E-state index in [0.717, 1.165) is 5.69 Å². The van der Waals surface area contributed by atoms with Gasteiger partial charge in [-0.05, 0) is 25.6 Å². The first kappa shape index (κ1) is 20.4. The molecule has 0 unspecified atom stereocenters. The fourth-order valence-electron chi connectivity index (χ4n) is 2.17. The number of benzene rings is 1. The van der Waals surface area contributed by atoms with Gasteiger partial charge in [-0.3, -0.25) is 19.8 Å². The third kappa shape index (κ3) is 7.17. The molecule has 0 spiro atoms. The molecule has 3 amide bonds. The number of nitrogens with zero attached hydrogens (tertiary/aromatic N) is 2. The Labute approximate surface area is 148 Å². The van der Waals surface area contributed by atoms with Crippen molar-refractivity contribution in [2.75, 3.05) is 37.7 Å². The molecular formula is C18H25N3O4. The molecule has 0 heterocycles. The van der Waals surface area contributed by atoms with Crippen LogP contribution in [0.25, 0.3) is 0 Å². The third-order valence-corrected chi connectivity index (χ3v) is 3.37.